The molecule has 1 aromatic heterocycles. The van der Waals surface area contributed by atoms with Gasteiger partial charge >= 0.3 is 5.97 Å². The second kappa shape index (κ2) is 5.84. The van der Waals surface area contributed by atoms with Gasteiger partial charge in [-0.05, 0) is 19.9 Å². The molecule has 0 fully saturated rings. The van der Waals surface area contributed by atoms with Gasteiger partial charge < -0.3 is 9.84 Å². The number of hydrogen-bond donors (Lipinski definition) is 1. The first-order valence-corrected chi connectivity index (χ1v) is 6.46. The lowest BCUT2D eigenvalue weighted by Gasteiger charge is -2.07. The summed E-state index contributed by atoms with van der Waals surface area (Å²) in [5.41, 5.74) is 1.73. The fourth-order valence-electron chi connectivity index (χ4n) is 2.09. The number of benzene rings is 1. The smallest absolute Gasteiger partial charge is 0.335 e. The van der Waals surface area contributed by atoms with Gasteiger partial charge in [0, 0.05) is 18.4 Å². The summed E-state index contributed by atoms with van der Waals surface area (Å²) < 4.78 is 6.66. The molecule has 5 nitrogen and oxygen atoms in total. The van der Waals surface area contributed by atoms with Crippen LogP contribution in [0.5, 0.6) is 0 Å². The van der Waals surface area contributed by atoms with Crippen molar-refractivity contribution >= 4 is 16.9 Å². The lowest BCUT2D eigenvalue weighted by atomic mass is 10.1. The largest absolute Gasteiger partial charge is 0.464 e. The molecule has 102 valence electrons. The van der Waals surface area contributed by atoms with Crippen LogP contribution in [0.2, 0.25) is 0 Å². The molecule has 5 heteroatoms. The van der Waals surface area contributed by atoms with Crippen LogP contribution in [0.25, 0.3) is 10.9 Å². The molecule has 0 saturated heterocycles. The van der Waals surface area contributed by atoms with E-state index in [4.69, 9.17) is 4.74 Å². The Morgan fingerprint density at radius 2 is 2.16 bits per heavy atom. The summed E-state index contributed by atoms with van der Waals surface area (Å²) >= 11 is 0. The molecular formula is C14H18N2O3. The zero-order chi connectivity index (χ0) is 13.8. The average Bonchev–Trinajstić information content (AvgIpc) is 2.77. The van der Waals surface area contributed by atoms with Crippen LogP contribution in [0.15, 0.2) is 24.3 Å². The van der Waals surface area contributed by atoms with E-state index in [9.17, 15) is 9.90 Å². The van der Waals surface area contributed by atoms with E-state index in [0.29, 0.717) is 0 Å². The Morgan fingerprint density at radius 1 is 1.42 bits per heavy atom. The lowest BCUT2D eigenvalue weighted by molar-refractivity contribution is -0.152. The summed E-state index contributed by atoms with van der Waals surface area (Å²) in [6.07, 6.45) is -0.990. The first-order valence-electron chi connectivity index (χ1n) is 6.46. The first kappa shape index (κ1) is 13.5. The van der Waals surface area contributed by atoms with E-state index in [1.807, 2.05) is 35.9 Å². The molecule has 0 aliphatic rings. The minimum atomic E-state index is -1.16. The highest BCUT2D eigenvalue weighted by molar-refractivity contribution is 5.83. The summed E-state index contributed by atoms with van der Waals surface area (Å²) in [6.45, 7) is 4.73. The molecule has 1 heterocycles. The van der Waals surface area contributed by atoms with Crippen LogP contribution in [0.3, 0.4) is 0 Å². The van der Waals surface area contributed by atoms with Crippen molar-refractivity contribution in [2.45, 2.75) is 32.9 Å². The second-order valence-corrected chi connectivity index (χ2v) is 4.25. The van der Waals surface area contributed by atoms with Gasteiger partial charge in [-0.2, -0.15) is 5.10 Å². The van der Waals surface area contributed by atoms with Gasteiger partial charge in [-0.15, -0.1) is 0 Å². The number of aryl methyl sites for hydroxylation is 1. The third kappa shape index (κ3) is 2.76. The molecule has 19 heavy (non-hydrogen) atoms. The quantitative estimate of drug-likeness (QED) is 0.830. The fourth-order valence-corrected chi connectivity index (χ4v) is 2.09. The Bertz CT molecular complexity index is 577. The summed E-state index contributed by atoms with van der Waals surface area (Å²) in [4.78, 5) is 11.5. The number of esters is 1. The van der Waals surface area contributed by atoms with Crippen molar-refractivity contribution in [1.82, 2.24) is 9.78 Å². The van der Waals surface area contributed by atoms with Crippen LogP contribution in [0, 0.1) is 0 Å². The maximum atomic E-state index is 11.5. The molecule has 0 bridgehead atoms. The van der Waals surface area contributed by atoms with E-state index >= 15 is 0 Å². The number of aromatic nitrogens is 2. The number of para-hydroxylation sites is 1. The van der Waals surface area contributed by atoms with Crippen LogP contribution in [-0.4, -0.2) is 33.6 Å². The van der Waals surface area contributed by atoms with Crippen molar-refractivity contribution in [3.63, 3.8) is 0 Å². The van der Waals surface area contributed by atoms with E-state index in [2.05, 4.69) is 5.10 Å². The van der Waals surface area contributed by atoms with Crippen molar-refractivity contribution in [2.24, 2.45) is 0 Å². The number of aliphatic hydroxyl groups is 1. The highest BCUT2D eigenvalue weighted by atomic mass is 16.5. The molecule has 0 amide bonds. The molecule has 0 radical (unpaired) electrons. The molecule has 0 spiro atoms. The van der Waals surface area contributed by atoms with E-state index in [1.54, 1.807) is 6.92 Å². The van der Waals surface area contributed by atoms with E-state index < -0.39 is 12.1 Å². The molecule has 1 aromatic carbocycles. The van der Waals surface area contributed by atoms with Crippen LogP contribution >= 0.6 is 0 Å². The average molecular weight is 262 g/mol. The molecular weight excluding hydrogens is 244 g/mol. The Kier molecular flexibility index (Phi) is 4.16. The SMILES string of the molecule is CCOC(=O)C(O)Cc1nn(CC)c2ccccc12. The molecule has 1 N–H and O–H groups in total. The summed E-state index contributed by atoms with van der Waals surface area (Å²) in [5, 5.41) is 15.2. The minimum Gasteiger partial charge on any atom is -0.464 e. The third-order valence-corrected chi connectivity index (χ3v) is 2.98. The van der Waals surface area contributed by atoms with Crippen molar-refractivity contribution < 1.29 is 14.6 Å². The van der Waals surface area contributed by atoms with E-state index in [0.717, 1.165) is 23.1 Å². The normalized spacial score (nSPS) is 12.6. The van der Waals surface area contributed by atoms with Crippen LogP contribution in [-0.2, 0) is 22.5 Å². The highest BCUT2D eigenvalue weighted by Gasteiger charge is 2.20. The molecule has 1 unspecified atom stereocenters. The Labute approximate surface area is 111 Å². The first-order chi connectivity index (χ1) is 9.17. The molecule has 1 atom stereocenters. The fraction of sp³-hybridized carbons (Fsp3) is 0.429. The van der Waals surface area contributed by atoms with Gasteiger partial charge in [-0.25, -0.2) is 4.79 Å². The van der Waals surface area contributed by atoms with Crippen LogP contribution < -0.4 is 0 Å². The van der Waals surface area contributed by atoms with Crippen LogP contribution in [0.4, 0.5) is 0 Å². The minimum absolute atomic E-state index is 0.173. The number of carbonyl (C=O) groups is 1. The van der Waals surface area contributed by atoms with Gasteiger partial charge in [0.25, 0.3) is 0 Å². The topological polar surface area (TPSA) is 64.3 Å². The van der Waals surface area contributed by atoms with Crippen molar-refractivity contribution in [2.75, 3.05) is 6.61 Å². The maximum absolute atomic E-state index is 11.5. The molecule has 0 aliphatic heterocycles. The van der Waals surface area contributed by atoms with E-state index in [-0.39, 0.29) is 13.0 Å². The number of carbonyl (C=O) groups excluding carboxylic acids is 1. The second-order valence-electron chi connectivity index (χ2n) is 4.25. The lowest BCUT2D eigenvalue weighted by Crippen LogP contribution is -2.25. The number of rotatable bonds is 5. The van der Waals surface area contributed by atoms with Crippen LogP contribution in [0.1, 0.15) is 19.5 Å². The Morgan fingerprint density at radius 3 is 2.84 bits per heavy atom. The number of ether oxygens (including phenoxy) is 1. The summed E-state index contributed by atoms with van der Waals surface area (Å²) in [7, 11) is 0. The molecule has 2 rings (SSSR count). The number of aliphatic hydroxyl groups excluding tert-OH is 1. The zero-order valence-electron chi connectivity index (χ0n) is 11.2. The van der Waals surface area contributed by atoms with Gasteiger partial charge in [0.15, 0.2) is 6.10 Å². The van der Waals surface area contributed by atoms with Gasteiger partial charge in [-0.3, -0.25) is 4.68 Å². The predicted octanol–water partition coefficient (Wildman–Crippen LogP) is 1.52. The number of nitrogens with zero attached hydrogens (tertiary/aromatic N) is 2. The van der Waals surface area contributed by atoms with Gasteiger partial charge in [-0.1, -0.05) is 18.2 Å². The molecule has 2 aromatic rings. The monoisotopic (exact) mass is 262 g/mol. The molecule has 0 saturated carbocycles. The standard InChI is InChI=1S/C14H18N2O3/c1-3-16-12-8-6-5-7-10(12)11(15-16)9-13(17)14(18)19-4-2/h5-8,13,17H,3-4,9H2,1-2H3. The van der Waals surface area contributed by atoms with Gasteiger partial charge in [0.05, 0.1) is 17.8 Å². The number of hydrogen-bond acceptors (Lipinski definition) is 4. The third-order valence-electron chi connectivity index (χ3n) is 2.98. The molecule has 0 aliphatic carbocycles. The predicted molar refractivity (Wildman–Crippen MR) is 71.8 cm³/mol. The van der Waals surface area contributed by atoms with Crippen molar-refractivity contribution in [3.05, 3.63) is 30.0 Å². The van der Waals surface area contributed by atoms with Crippen molar-refractivity contribution in [3.8, 4) is 0 Å². The van der Waals surface area contributed by atoms with Gasteiger partial charge in [0.1, 0.15) is 0 Å². The van der Waals surface area contributed by atoms with Gasteiger partial charge in [0.2, 0.25) is 0 Å². The Balaban J connectivity index is 2.28. The highest BCUT2D eigenvalue weighted by Crippen LogP contribution is 2.19. The summed E-state index contributed by atoms with van der Waals surface area (Å²) in [6, 6.07) is 7.79. The van der Waals surface area contributed by atoms with E-state index in [1.165, 1.54) is 0 Å². The zero-order valence-corrected chi connectivity index (χ0v) is 11.2. The summed E-state index contributed by atoms with van der Waals surface area (Å²) in [5.74, 6) is -0.599. The van der Waals surface area contributed by atoms with Crippen molar-refractivity contribution in [1.29, 1.82) is 0 Å². The number of fused-ring (bicyclic) bond motifs is 1. The maximum Gasteiger partial charge on any atom is 0.335 e. The Hall–Kier alpha value is -1.88.